The number of likely N-dealkylation sites (tertiary alicyclic amines) is 1. The molecule has 0 aromatic carbocycles. The van der Waals surface area contributed by atoms with Crippen molar-refractivity contribution in [2.75, 3.05) is 20.2 Å². The molecule has 0 aromatic heterocycles. The standard InChI is InChI=1S/C13H24N2O3.ClH/c1-4-9(2)11(14)12(16)15-7-5-10(6-8-15)13(17)18-3;/h9-11H,4-8,14H2,1-3H3;1H. The molecule has 0 bridgehead atoms. The average molecular weight is 293 g/mol. The minimum atomic E-state index is -0.426. The highest BCUT2D eigenvalue weighted by Gasteiger charge is 2.31. The van der Waals surface area contributed by atoms with Crippen LogP contribution in [0.3, 0.4) is 0 Å². The largest absolute Gasteiger partial charge is 0.469 e. The minimum Gasteiger partial charge on any atom is -0.469 e. The molecule has 6 heteroatoms. The van der Waals surface area contributed by atoms with Crippen molar-refractivity contribution in [3.63, 3.8) is 0 Å². The second-order valence-corrected chi connectivity index (χ2v) is 5.03. The molecular weight excluding hydrogens is 268 g/mol. The first kappa shape index (κ1) is 18.2. The van der Waals surface area contributed by atoms with Gasteiger partial charge in [-0.25, -0.2) is 0 Å². The number of nitrogens with two attached hydrogens (primary N) is 1. The highest BCUT2D eigenvalue weighted by atomic mass is 35.5. The number of ether oxygens (including phenoxy) is 1. The fraction of sp³-hybridized carbons (Fsp3) is 0.846. The van der Waals surface area contributed by atoms with Gasteiger partial charge in [0, 0.05) is 13.1 Å². The Morgan fingerprint density at radius 2 is 1.89 bits per heavy atom. The van der Waals surface area contributed by atoms with Crippen LogP contribution in [0.1, 0.15) is 33.1 Å². The van der Waals surface area contributed by atoms with Crippen LogP contribution in [0.2, 0.25) is 0 Å². The number of carbonyl (C=O) groups excluding carboxylic acids is 2. The van der Waals surface area contributed by atoms with E-state index in [0.717, 1.165) is 6.42 Å². The van der Waals surface area contributed by atoms with Crippen molar-refractivity contribution < 1.29 is 14.3 Å². The fourth-order valence-corrected chi connectivity index (χ4v) is 2.21. The minimum absolute atomic E-state index is 0. The van der Waals surface area contributed by atoms with Gasteiger partial charge in [-0.1, -0.05) is 20.3 Å². The molecule has 0 spiro atoms. The Morgan fingerprint density at radius 3 is 2.32 bits per heavy atom. The predicted octanol–water partition coefficient (Wildman–Crippen LogP) is 1.19. The van der Waals surface area contributed by atoms with Crippen LogP contribution in [0.25, 0.3) is 0 Å². The van der Waals surface area contributed by atoms with Gasteiger partial charge in [-0.05, 0) is 18.8 Å². The molecule has 112 valence electrons. The molecule has 1 saturated heterocycles. The number of methoxy groups -OCH3 is 1. The molecule has 1 heterocycles. The van der Waals surface area contributed by atoms with E-state index < -0.39 is 6.04 Å². The Balaban J connectivity index is 0.00000324. The van der Waals surface area contributed by atoms with E-state index in [1.807, 2.05) is 13.8 Å². The quantitative estimate of drug-likeness (QED) is 0.790. The number of esters is 1. The third-order valence-electron chi connectivity index (χ3n) is 3.88. The zero-order valence-corrected chi connectivity index (χ0v) is 12.7. The molecule has 1 aliphatic rings. The van der Waals surface area contributed by atoms with Gasteiger partial charge in [0.15, 0.2) is 0 Å². The van der Waals surface area contributed by atoms with E-state index in [9.17, 15) is 9.59 Å². The van der Waals surface area contributed by atoms with Crippen LogP contribution in [0.4, 0.5) is 0 Å². The monoisotopic (exact) mass is 292 g/mol. The summed E-state index contributed by atoms with van der Waals surface area (Å²) in [7, 11) is 1.40. The molecule has 0 saturated carbocycles. The normalized spacial score (nSPS) is 19.3. The van der Waals surface area contributed by atoms with Gasteiger partial charge in [0.1, 0.15) is 0 Å². The van der Waals surface area contributed by atoms with Crippen LogP contribution in [-0.4, -0.2) is 43.0 Å². The van der Waals surface area contributed by atoms with Crippen LogP contribution >= 0.6 is 12.4 Å². The highest BCUT2D eigenvalue weighted by Crippen LogP contribution is 2.20. The van der Waals surface area contributed by atoms with Crippen molar-refractivity contribution in [3.8, 4) is 0 Å². The summed E-state index contributed by atoms with van der Waals surface area (Å²) in [6.07, 6.45) is 2.24. The number of carbonyl (C=O) groups is 2. The van der Waals surface area contributed by atoms with Crippen molar-refractivity contribution in [1.29, 1.82) is 0 Å². The van der Waals surface area contributed by atoms with Crippen LogP contribution in [-0.2, 0) is 14.3 Å². The number of halogens is 1. The first-order chi connectivity index (χ1) is 8.51. The molecule has 5 nitrogen and oxygen atoms in total. The first-order valence-corrected chi connectivity index (χ1v) is 6.63. The van der Waals surface area contributed by atoms with Gasteiger partial charge in [-0.2, -0.15) is 0 Å². The van der Waals surface area contributed by atoms with E-state index in [1.165, 1.54) is 7.11 Å². The second-order valence-electron chi connectivity index (χ2n) is 5.03. The molecule has 2 N–H and O–H groups in total. The summed E-state index contributed by atoms with van der Waals surface area (Å²) in [6, 6.07) is -0.426. The first-order valence-electron chi connectivity index (χ1n) is 6.63. The molecular formula is C13H25ClN2O3. The van der Waals surface area contributed by atoms with Gasteiger partial charge in [0.2, 0.25) is 5.91 Å². The van der Waals surface area contributed by atoms with Crippen molar-refractivity contribution in [2.45, 2.75) is 39.2 Å². The van der Waals surface area contributed by atoms with E-state index in [1.54, 1.807) is 4.90 Å². The van der Waals surface area contributed by atoms with Gasteiger partial charge in [-0.3, -0.25) is 9.59 Å². The van der Waals surface area contributed by atoms with Crippen LogP contribution in [0, 0.1) is 11.8 Å². The molecule has 0 aliphatic carbocycles. The van der Waals surface area contributed by atoms with E-state index >= 15 is 0 Å². The Morgan fingerprint density at radius 1 is 1.37 bits per heavy atom. The van der Waals surface area contributed by atoms with Crippen LogP contribution < -0.4 is 5.73 Å². The van der Waals surface area contributed by atoms with Gasteiger partial charge < -0.3 is 15.4 Å². The zero-order chi connectivity index (χ0) is 13.7. The van der Waals surface area contributed by atoms with Gasteiger partial charge >= 0.3 is 5.97 Å². The molecule has 1 aliphatic heterocycles. The summed E-state index contributed by atoms with van der Waals surface area (Å²) in [5.41, 5.74) is 5.94. The molecule has 1 fully saturated rings. The summed E-state index contributed by atoms with van der Waals surface area (Å²) in [4.78, 5) is 25.3. The maximum Gasteiger partial charge on any atom is 0.308 e. The van der Waals surface area contributed by atoms with E-state index in [-0.39, 0.29) is 36.1 Å². The zero-order valence-electron chi connectivity index (χ0n) is 11.9. The van der Waals surface area contributed by atoms with Crippen molar-refractivity contribution in [1.82, 2.24) is 4.90 Å². The molecule has 0 radical (unpaired) electrons. The average Bonchev–Trinajstić information content (AvgIpc) is 2.44. The number of hydrogen-bond donors (Lipinski definition) is 1. The maximum absolute atomic E-state index is 12.1. The molecule has 1 rings (SSSR count). The summed E-state index contributed by atoms with van der Waals surface area (Å²) >= 11 is 0. The van der Waals surface area contributed by atoms with Crippen molar-refractivity contribution in [2.24, 2.45) is 17.6 Å². The predicted molar refractivity (Wildman–Crippen MR) is 76.0 cm³/mol. The number of piperidine rings is 1. The second kappa shape index (κ2) is 8.38. The van der Waals surface area contributed by atoms with Gasteiger partial charge in [-0.15, -0.1) is 12.4 Å². The topological polar surface area (TPSA) is 72.6 Å². The number of amides is 1. The number of rotatable bonds is 4. The summed E-state index contributed by atoms with van der Waals surface area (Å²) in [6.45, 7) is 5.22. The van der Waals surface area contributed by atoms with Crippen LogP contribution in [0.15, 0.2) is 0 Å². The summed E-state index contributed by atoms with van der Waals surface area (Å²) < 4.78 is 4.72. The lowest BCUT2D eigenvalue weighted by Crippen LogP contribution is -2.50. The summed E-state index contributed by atoms with van der Waals surface area (Å²) in [5.74, 6) is -0.0457. The highest BCUT2D eigenvalue weighted by molar-refractivity contribution is 5.85. The van der Waals surface area contributed by atoms with E-state index in [0.29, 0.717) is 25.9 Å². The number of nitrogens with zero attached hydrogens (tertiary/aromatic N) is 1. The smallest absolute Gasteiger partial charge is 0.308 e. The molecule has 0 aromatic rings. The SMILES string of the molecule is CCC(C)C(N)C(=O)N1CCC(C(=O)OC)CC1.Cl. The third kappa shape index (κ3) is 4.66. The Hall–Kier alpha value is -0.810. The number of hydrogen-bond acceptors (Lipinski definition) is 4. The lowest BCUT2D eigenvalue weighted by molar-refractivity contribution is -0.149. The lowest BCUT2D eigenvalue weighted by Gasteiger charge is -2.33. The lowest BCUT2D eigenvalue weighted by atomic mass is 9.94. The van der Waals surface area contributed by atoms with Crippen molar-refractivity contribution in [3.05, 3.63) is 0 Å². The summed E-state index contributed by atoms with van der Waals surface area (Å²) in [5, 5.41) is 0. The van der Waals surface area contributed by atoms with Crippen LogP contribution in [0.5, 0.6) is 0 Å². The molecule has 19 heavy (non-hydrogen) atoms. The Bertz CT molecular complexity index is 304. The van der Waals surface area contributed by atoms with Crippen molar-refractivity contribution >= 4 is 24.3 Å². The van der Waals surface area contributed by atoms with Gasteiger partial charge in [0.25, 0.3) is 0 Å². The van der Waals surface area contributed by atoms with Gasteiger partial charge in [0.05, 0.1) is 19.1 Å². The Kier molecular flexibility index (Phi) is 8.02. The maximum atomic E-state index is 12.1. The molecule has 2 unspecified atom stereocenters. The third-order valence-corrected chi connectivity index (χ3v) is 3.88. The fourth-order valence-electron chi connectivity index (χ4n) is 2.21. The van der Waals surface area contributed by atoms with E-state index in [2.05, 4.69) is 0 Å². The van der Waals surface area contributed by atoms with E-state index in [4.69, 9.17) is 10.5 Å². The molecule has 1 amide bonds. The molecule has 2 atom stereocenters. The Labute approximate surface area is 121 Å².